The molecule has 0 atom stereocenters. The average Bonchev–Trinajstić information content (AvgIpc) is 3.13. The van der Waals surface area contributed by atoms with Crippen LogP contribution in [0.1, 0.15) is 28.7 Å². The SMILES string of the molecule is CCn1c(C)cc(C(=O)CSc2nc3sccc3c(=O)n2C)c1C. The Morgan fingerprint density at radius 2 is 2.12 bits per heavy atom. The van der Waals surface area contributed by atoms with Gasteiger partial charge >= 0.3 is 0 Å². The topological polar surface area (TPSA) is 56.9 Å². The van der Waals surface area contributed by atoms with E-state index >= 15 is 0 Å². The molecular weight excluding hydrogens is 342 g/mol. The van der Waals surface area contributed by atoms with E-state index < -0.39 is 0 Å². The molecule has 3 aromatic rings. The number of Topliss-reactive ketones (excluding diaryl/α,β-unsaturated/α-hetero) is 1. The van der Waals surface area contributed by atoms with Crippen molar-refractivity contribution in [2.24, 2.45) is 7.05 Å². The van der Waals surface area contributed by atoms with Crippen LogP contribution >= 0.6 is 23.1 Å². The normalized spacial score (nSPS) is 11.3. The maximum Gasteiger partial charge on any atom is 0.262 e. The number of fused-ring (bicyclic) bond motifs is 1. The maximum absolute atomic E-state index is 12.6. The van der Waals surface area contributed by atoms with Gasteiger partial charge in [0.25, 0.3) is 5.56 Å². The highest BCUT2D eigenvalue weighted by atomic mass is 32.2. The molecule has 3 rings (SSSR count). The molecule has 0 saturated heterocycles. The summed E-state index contributed by atoms with van der Waals surface area (Å²) in [5.74, 6) is 0.332. The Hall–Kier alpha value is -1.86. The fourth-order valence-electron chi connectivity index (χ4n) is 2.89. The van der Waals surface area contributed by atoms with Crippen molar-refractivity contribution in [2.75, 3.05) is 5.75 Å². The Morgan fingerprint density at radius 1 is 1.38 bits per heavy atom. The number of nitrogens with zero attached hydrogens (tertiary/aromatic N) is 3. The van der Waals surface area contributed by atoms with E-state index in [-0.39, 0.29) is 17.1 Å². The lowest BCUT2D eigenvalue weighted by atomic mass is 10.2. The van der Waals surface area contributed by atoms with Crippen molar-refractivity contribution in [3.05, 3.63) is 44.8 Å². The molecule has 0 N–H and O–H groups in total. The van der Waals surface area contributed by atoms with E-state index in [2.05, 4.69) is 16.5 Å². The number of aromatic nitrogens is 3. The van der Waals surface area contributed by atoms with Crippen LogP contribution in [0, 0.1) is 13.8 Å². The zero-order valence-electron chi connectivity index (χ0n) is 14.1. The average molecular weight is 361 g/mol. The Morgan fingerprint density at radius 3 is 2.79 bits per heavy atom. The summed E-state index contributed by atoms with van der Waals surface area (Å²) in [7, 11) is 1.70. The fraction of sp³-hybridized carbons (Fsp3) is 0.353. The van der Waals surface area contributed by atoms with Gasteiger partial charge in [-0.2, -0.15) is 0 Å². The molecule has 0 aromatic carbocycles. The lowest BCUT2D eigenvalue weighted by molar-refractivity contribution is 0.102. The van der Waals surface area contributed by atoms with Crippen LogP contribution in [-0.2, 0) is 13.6 Å². The van der Waals surface area contributed by atoms with Crippen LogP contribution in [0.25, 0.3) is 10.2 Å². The molecule has 0 spiro atoms. The number of hydrogen-bond acceptors (Lipinski definition) is 5. The van der Waals surface area contributed by atoms with Crippen LogP contribution < -0.4 is 5.56 Å². The second kappa shape index (κ2) is 6.57. The predicted molar refractivity (Wildman–Crippen MR) is 99.5 cm³/mol. The largest absolute Gasteiger partial charge is 0.349 e. The second-order valence-electron chi connectivity index (χ2n) is 5.64. The van der Waals surface area contributed by atoms with Crippen LogP contribution in [0.15, 0.2) is 27.5 Å². The van der Waals surface area contributed by atoms with Gasteiger partial charge in [0, 0.05) is 30.5 Å². The molecule has 0 aliphatic rings. The van der Waals surface area contributed by atoms with Gasteiger partial charge in [-0.05, 0) is 38.3 Å². The molecule has 0 unspecified atom stereocenters. The molecule has 0 radical (unpaired) electrons. The van der Waals surface area contributed by atoms with Crippen molar-refractivity contribution in [2.45, 2.75) is 32.5 Å². The van der Waals surface area contributed by atoms with E-state index in [1.54, 1.807) is 13.1 Å². The van der Waals surface area contributed by atoms with E-state index in [0.29, 0.717) is 10.5 Å². The van der Waals surface area contributed by atoms with E-state index in [1.807, 2.05) is 25.3 Å². The molecule has 5 nitrogen and oxygen atoms in total. The van der Waals surface area contributed by atoms with Crippen molar-refractivity contribution >= 4 is 39.1 Å². The summed E-state index contributed by atoms with van der Waals surface area (Å²) < 4.78 is 3.64. The lowest BCUT2D eigenvalue weighted by Gasteiger charge is -2.07. The van der Waals surface area contributed by atoms with Gasteiger partial charge in [0.2, 0.25) is 0 Å². The number of thioether (sulfide) groups is 1. The standard InChI is InChI=1S/C17H19N3O2S2/c1-5-20-10(2)8-13(11(20)3)14(21)9-24-17-18-15-12(6-7-23-15)16(22)19(17)4/h6-8H,5,9H2,1-4H3. The van der Waals surface area contributed by atoms with Crippen LogP contribution in [0.2, 0.25) is 0 Å². The molecule has 0 bridgehead atoms. The predicted octanol–water partition coefficient (Wildman–Crippen LogP) is 3.41. The molecule has 3 heterocycles. The third kappa shape index (κ3) is 2.82. The highest BCUT2D eigenvalue weighted by molar-refractivity contribution is 7.99. The molecule has 126 valence electrons. The first kappa shape index (κ1) is 17.0. The first-order valence-electron chi connectivity index (χ1n) is 7.71. The van der Waals surface area contributed by atoms with E-state index in [1.165, 1.54) is 27.7 Å². The van der Waals surface area contributed by atoms with Gasteiger partial charge in [-0.3, -0.25) is 14.2 Å². The summed E-state index contributed by atoms with van der Waals surface area (Å²) in [5.41, 5.74) is 2.77. The number of rotatable bonds is 5. The third-order valence-corrected chi connectivity index (χ3v) is 6.02. The van der Waals surface area contributed by atoms with Gasteiger partial charge in [-0.25, -0.2) is 4.98 Å². The van der Waals surface area contributed by atoms with Crippen molar-refractivity contribution in [1.82, 2.24) is 14.1 Å². The Bertz CT molecular complexity index is 982. The number of carbonyl (C=O) groups excluding carboxylic acids is 1. The summed E-state index contributed by atoms with van der Waals surface area (Å²) >= 11 is 2.75. The van der Waals surface area contributed by atoms with Crippen molar-refractivity contribution in [1.29, 1.82) is 0 Å². The minimum atomic E-state index is -0.0691. The number of carbonyl (C=O) groups is 1. The molecule has 24 heavy (non-hydrogen) atoms. The highest BCUT2D eigenvalue weighted by Crippen LogP contribution is 2.23. The number of aryl methyl sites for hydroxylation is 1. The van der Waals surface area contributed by atoms with Crippen LogP contribution in [0.5, 0.6) is 0 Å². The minimum Gasteiger partial charge on any atom is -0.349 e. The van der Waals surface area contributed by atoms with Crippen molar-refractivity contribution < 1.29 is 4.79 Å². The molecule has 0 amide bonds. The molecular formula is C17H19N3O2S2. The quantitative estimate of drug-likeness (QED) is 0.397. The van der Waals surface area contributed by atoms with Gasteiger partial charge in [-0.1, -0.05) is 11.8 Å². The van der Waals surface area contributed by atoms with E-state index in [0.717, 1.165) is 28.3 Å². The molecule has 0 aliphatic carbocycles. The van der Waals surface area contributed by atoms with Crippen LogP contribution in [0.3, 0.4) is 0 Å². The summed E-state index contributed by atoms with van der Waals surface area (Å²) in [5, 5.41) is 3.07. The van der Waals surface area contributed by atoms with Crippen LogP contribution in [-0.4, -0.2) is 25.7 Å². The summed E-state index contributed by atoms with van der Waals surface area (Å²) in [6.07, 6.45) is 0. The minimum absolute atomic E-state index is 0.0633. The zero-order valence-corrected chi connectivity index (χ0v) is 15.8. The molecule has 0 saturated carbocycles. The van der Waals surface area contributed by atoms with Gasteiger partial charge in [-0.15, -0.1) is 11.3 Å². The van der Waals surface area contributed by atoms with Gasteiger partial charge in [0.15, 0.2) is 10.9 Å². The maximum atomic E-state index is 12.6. The van der Waals surface area contributed by atoms with Gasteiger partial charge in [0.1, 0.15) is 4.83 Å². The number of hydrogen-bond donors (Lipinski definition) is 0. The Kier molecular flexibility index (Phi) is 4.64. The zero-order chi connectivity index (χ0) is 17.4. The molecule has 7 heteroatoms. The van der Waals surface area contributed by atoms with Crippen LogP contribution in [0.4, 0.5) is 0 Å². The monoisotopic (exact) mass is 361 g/mol. The third-order valence-electron chi connectivity index (χ3n) is 4.19. The molecule has 3 aromatic heterocycles. The van der Waals surface area contributed by atoms with Crippen molar-refractivity contribution in [3.63, 3.8) is 0 Å². The van der Waals surface area contributed by atoms with E-state index in [9.17, 15) is 9.59 Å². The first-order chi connectivity index (χ1) is 11.4. The molecule has 0 fully saturated rings. The van der Waals surface area contributed by atoms with Gasteiger partial charge in [0.05, 0.1) is 11.1 Å². The molecule has 0 aliphatic heterocycles. The number of thiophene rings is 1. The smallest absolute Gasteiger partial charge is 0.262 e. The fourth-order valence-corrected chi connectivity index (χ4v) is 4.55. The lowest BCUT2D eigenvalue weighted by Crippen LogP contribution is -2.19. The van der Waals surface area contributed by atoms with Crippen molar-refractivity contribution in [3.8, 4) is 0 Å². The summed E-state index contributed by atoms with van der Waals surface area (Å²) in [4.78, 5) is 30.1. The summed E-state index contributed by atoms with van der Waals surface area (Å²) in [6.45, 7) is 6.90. The second-order valence-corrected chi connectivity index (χ2v) is 7.48. The number of ketones is 1. The van der Waals surface area contributed by atoms with E-state index in [4.69, 9.17) is 0 Å². The first-order valence-corrected chi connectivity index (χ1v) is 9.57. The summed E-state index contributed by atoms with van der Waals surface area (Å²) in [6, 6.07) is 3.73. The Balaban J connectivity index is 1.85. The van der Waals surface area contributed by atoms with Gasteiger partial charge < -0.3 is 4.57 Å². The highest BCUT2D eigenvalue weighted by Gasteiger charge is 2.17. The Labute approximate surface area is 148 Å².